The number of amides is 2. The van der Waals surface area contributed by atoms with Gasteiger partial charge in [0.1, 0.15) is 17.4 Å². The fourth-order valence-electron chi connectivity index (χ4n) is 2.89. The number of carbonyl (C=O) groups excluding carboxylic acids is 2. The van der Waals surface area contributed by atoms with Gasteiger partial charge in [0.15, 0.2) is 0 Å². The summed E-state index contributed by atoms with van der Waals surface area (Å²) in [5.41, 5.74) is 0.951. The Morgan fingerprint density at radius 2 is 2.00 bits per heavy atom. The van der Waals surface area contributed by atoms with Crippen LogP contribution in [0.1, 0.15) is 23.9 Å². The number of nitrogens with one attached hydrogen (secondary N) is 1. The molecule has 7 heteroatoms. The quantitative estimate of drug-likeness (QED) is 0.898. The molecule has 3 rings (SSSR count). The van der Waals surface area contributed by atoms with Crippen LogP contribution < -0.4 is 5.32 Å². The zero-order valence-corrected chi connectivity index (χ0v) is 14.4. The Morgan fingerprint density at radius 1 is 1.28 bits per heavy atom. The Bertz CT molecular complexity index is 760. The molecule has 1 aromatic carbocycles. The van der Waals surface area contributed by atoms with Gasteiger partial charge in [0.05, 0.1) is 13.2 Å². The molecule has 2 aromatic rings. The molecule has 0 radical (unpaired) electrons. The number of anilines is 1. The average molecular weight is 346 g/mol. The number of rotatable bonds is 5. The van der Waals surface area contributed by atoms with Gasteiger partial charge in [0.25, 0.3) is 11.8 Å². The molecule has 1 saturated heterocycles. The maximum absolute atomic E-state index is 12.9. The number of benzene rings is 1. The Labute approximate surface area is 145 Å². The third-order valence-electron chi connectivity index (χ3n) is 4.28. The topological polar surface area (TPSA) is 81.0 Å². The molecule has 25 heavy (non-hydrogen) atoms. The van der Waals surface area contributed by atoms with Crippen LogP contribution in [0.3, 0.4) is 0 Å². The van der Waals surface area contributed by atoms with Crippen LogP contribution in [0, 0.1) is 0 Å². The van der Waals surface area contributed by atoms with Crippen LogP contribution in [0.4, 0.5) is 5.69 Å². The summed E-state index contributed by atoms with van der Waals surface area (Å²) in [6.07, 6.45) is -0.0507. The summed E-state index contributed by atoms with van der Waals surface area (Å²) < 4.78 is 16.2. The summed E-state index contributed by atoms with van der Waals surface area (Å²) in [6, 6.07) is 7.25. The van der Waals surface area contributed by atoms with Gasteiger partial charge in [-0.15, -0.1) is 0 Å². The van der Waals surface area contributed by atoms with E-state index in [-0.39, 0.29) is 17.6 Å². The normalized spacial score (nSPS) is 16.0. The summed E-state index contributed by atoms with van der Waals surface area (Å²) in [5, 5.41) is 3.51. The lowest BCUT2D eigenvalue weighted by Gasteiger charge is -2.26. The Kier molecular flexibility index (Phi) is 5.35. The largest absolute Gasteiger partial charge is 0.449 e. The SMILES string of the molecule is CCC(OC)C(=O)Nc1c(C(=O)N2CCOCC2)oc2ccccc12. The molecule has 0 bridgehead atoms. The molecule has 1 aliphatic heterocycles. The highest BCUT2D eigenvalue weighted by Crippen LogP contribution is 2.32. The summed E-state index contributed by atoms with van der Waals surface area (Å²) in [7, 11) is 1.49. The third-order valence-corrected chi connectivity index (χ3v) is 4.28. The van der Waals surface area contributed by atoms with Crippen LogP contribution in [0.15, 0.2) is 28.7 Å². The molecule has 1 atom stereocenters. The predicted molar refractivity (Wildman–Crippen MR) is 92.7 cm³/mol. The number of hydrogen-bond donors (Lipinski definition) is 1. The van der Waals surface area contributed by atoms with Gasteiger partial charge in [-0.05, 0) is 18.6 Å². The van der Waals surface area contributed by atoms with Crippen molar-refractivity contribution in [3.63, 3.8) is 0 Å². The van der Waals surface area contributed by atoms with Crippen molar-refractivity contribution < 1.29 is 23.5 Å². The zero-order chi connectivity index (χ0) is 17.8. The second-order valence-electron chi connectivity index (χ2n) is 5.83. The van der Waals surface area contributed by atoms with Crippen LogP contribution in [-0.2, 0) is 14.3 Å². The van der Waals surface area contributed by atoms with Gasteiger partial charge in [-0.25, -0.2) is 0 Å². The van der Waals surface area contributed by atoms with Crippen molar-refractivity contribution in [2.24, 2.45) is 0 Å². The number of para-hydroxylation sites is 1. The Hall–Kier alpha value is -2.38. The monoisotopic (exact) mass is 346 g/mol. The number of fused-ring (bicyclic) bond motifs is 1. The van der Waals surface area contributed by atoms with E-state index in [2.05, 4.69) is 5.32 Å². The Morgan fingerprint density at radius 3 is 2.68 bits per heavy atom. The lowest BCUT2D eigenvalue weighted by molar-refractivity contribution is -0.125. The first kappa shape index (κ1) is 17.4. The highest BCUT2D eigenvalue weighted by Gasteiger charge is 2.28. The average Bonchev–Trinajstić information content (AvgIpc) is 3.01. The first-order valence-electron chi connectivity index (χ1n) is 8.38. The van der Waals surface area contributed by atoms with E-state index < -0.39 is 6.10 Å². The summed E-state index contributed by atoms with van der Waals surface area (Å²) in [4.78, 5) is 27.0. The standard InChI is InChI=1S/C18H22N2O5/c1-3-13(23-2)17(21)19-15-12-6-4-5-7-14(12)25-16(15)18(22)20-8-10-24-11-9-20/h4-7,13H,3,8-11H2,1-2H3,(H,19,21). The van der Waals surface area contributed by atoms with Crippen molar-refractivity contribution in [2.45, 2.75) is 19.4 Å². The molecule has 1 fully saturated rings. The zero-order valence-electron chi connectivity index (χ0n) is 14.4. The van der Waals surface area contributed by atoms with E-state index in [1.807, 2.05) is 25.1 Å². The minimum atomic E-state index is -0.583. The van der Waals surface area contributed by atoms with Gasteiger partial charge in [-0.1, -0.05) is 19.1 Å². The lowest BCUT2D eigenvalue weighted by Crippen LogP contribution is -2.41. The number of morpholine rings is 1. The van der Waals surface area contributed by atoms with Gasteiger partial charge in [0.2, 0.25) is 5.76 Å². The first-order valence-corrected chi connectivity index (χ1v) is 8.38. The molecule has 134 valence electrons. The molecule has 2 heterocycles. The number of ether oxygens (including phenoxy) is 2. The third kappa shape index (κ3) is 3.52. The number of hydrogen-bond acceptors (Lipinski definition) is 5. The second kappa shape index (κ2) is 7.67. The van der Waals surface area contributed by atoms with Gasteiger partial charge in [-0.3, -0.25) is 9.59 Å². The molecular weight excluding hydrogens is 324 g/mol. The lowest BCUT2D eigenvalue weighted by atomic mass is 10.2. The number of furan rings is 1. The van der Waals surface area contributed by atoms with Crippen molar-refractivity contribution in [3.8, 4) is 0 Å². The molecular formula is C18H22N2O5. The van der Waals surface area contributed by atoms with E-state index in [0.717, 1.165) is 0 Å². The minimum absolute atomic E-state index is 0.141. The fourth-order valence-corrected chi connectivity index (χ4v) is 2.89. The van der Waals surface area contributed by atoms with E-state index in [1.54, 1.807) is 11.0 Å². The van der Waals surface area contributed by atoms with E-state index in [4.69, 9.17) is 13.9 Å². The highest BCUT2D eigenvalue weighted by molar-refractivity contribution is 6.11. The van der Waals surface area contributed by atoms with Gasteiger partial charge in [0, 0.05) is 25.6 Å². The van der Waals surface area contributed by atoms with Crippen molar-refractivity contribution in [3.05, 3.63) is 30.0 Å². The molecule has 2 amide bonds. The molecule has 1 unspecified atom stereocenters. The predicted octanol–water partition coefficient (Wildman–Crippen LogP) is 2.27. The van der Waals surface area contributed by atoms with Crippen LogP contribution in [-0.4, -0.2) is 56.2 Å². The maximum atomic E-state index is 12.9. The maximum Gasteiger partial charge on any atom is 0.291 e. The van der Waals surface area contributed by atoms with Crippen LogP contribution in [0.25, 0.3) is 11.0 Å². The van der Waals surface area contributed by atoms with Crippen molar-refractivity contribution >= 4 is 28.5 Å². The number of methoxy groups -OCH3 is 1. The fraction of sp³-hybridized carbons (Fsp3) is 0.444. The second-order valence-corrected chi connectivity index (χ2v) is 5.83. The smallest absolute Gasteiger partial charge is 0.291 e. The van der Waals surface area contributed by atoms with E-state index >= 15 is 0 Å². The van der Waals surface area contributed by atoms with Crippen molar-refractivity contribution in [2.75, 3.05) is 38.7 Å². The number of carbonyl (C=O) groups is 2. The van der Waals surface area contributed by atoms with Gasteiger partial charge < -0.3 is 24.1 Å². The summed E-state index contributed by atoms with van der Waals surface area (Å²) >= 11 is 0. The molecule has 1 aromatic heterocycles. The molecule has 0 aliphatic carbocycles. The van der Waals surface area contributed by atoms with Gasteiger partial charge in [-0.2, -0.15) is 0 Å². The molecule has 0 saturated carbocycles. The summed E-state index contributed by atoms with van der Waals surface area (Å²) in [5.74, 6) is -0.407. The van der Waals surface area contributed by atoms with E-state index in [0.29, 0.717) is 49.4 Å². The van der Waals surface area contributed by atoms with E-state index in [9.17, 15) is 9.59 Å². The van der Waals surface area contributed by atoms with Gasteiger partial charge >= 0.3 is 0 Å². The minimum Gasteiger partial charge on any atom is -0.449 e. The van der Waals surface area contributed by atoms with Crippen molar-refractivity contribution in [1.82, 2.24) is 4.90 Å². The van der Waals surface area contributed by atoms with E-state index in [1.165, 1.54) is 7.11 Å². The molecule has 7 nitrogen and oxygen atoms in total. The molecule has 1 aliphatic rings. The van der Waals surface area contributed by atoms with Crippen LogP contribution >= 0.6 is 0 Å². The molecule has 1 N–H and O–H groups in total. The summed E-state index contributed by atoms with van der Waals surface area (Å²) in [6.45, 7) is 3.85. The number of nitrogens with zero attached hydrogens (tertiary/aromatic N) is 1. The van der Waals surface area contributed by atoms with Crippen LogP contribution in [0.2, 0.25) is 0 Å². The Balaban J connectivity index is 1.97. The molecule has 0 spiro atoms. The van der Waals surface area contributed by atoms with Crippen LogP contribution in [0.5, 0.6) is 0 Å². The highest BCUT2D eigenvalue weighted by atomic mass is 16.5. The first-order chi connectivity index (χ1) is 12.2. The van der Waals surface area contributed by atoms with Crippen molar-refractivity contribution in [1.29, 1.82) is 0 Å².